The average molecular weight is 215 g/mol. The Morgan fingerprint density at radius 1 is 1.64 bits per heavy atom. The number of nitrogens with two attached hydrogens (primary N) is 1. The van der Waals surface area contributed by atoms with Crippen LogP contribution in [-0.4, -0.2) is 17.1 Å². The van der Waals surface area contributed by atoms with Gasteiger partial charge < -0.3 is 10.5 Å². The Hall–Kier alpha value is -1.29. The number of hydrogen-bond donors (Lipinski definition) is 1. The number of pyridine rings is 1. The Bertz CT molecular complexity index is 353. The van der Waals surface area contributed by atoms with Crippen molar-refractivity contribution in [1.82, 2.24) is 4.98 Å². The molecular formula is C9H11ClN2O2. The maximum atomic E-state index is 11.4. The van der Waals surface area contributed by atoms with Crippen LogP contribution in [0.4, 0.5) is 5.82 Å². The van der Waals surface area contributed by atoms with Crippen molar-refractivity contribution in [1.29, 1.82) is 0 Å². The van der Waals surface area contributed by atoms with Crippen LogP contribution in [0.25, 0.3) is 0 Å². The van der Waals surface area contributed by atoms with E-state index in [0.717, 1.165) is 0 Å². The zero-order chi connectivity index (χ0) is 10.7. The number of esters is 1. The SMILES string of the molecule is CC(C)OC(=O)c1cc(Cl)cnc1N. The molecule has 76 valence electrons. The topological polar surface area (TPSA) is 65.2 Å². The number of anilines is 1. The van der Waals surface area contributed by atoms with Gasteiger partial charge in [0.1, 0.15) is 11.4 Å². The Morgan fingerprint density at radius 2 is 2.29 bits per heavy atom. The van der Waals surface area contributed by atoms with Crippen LogP contribution in [0.3, 0.4) is 0 Å². The highest BCUT2D eigenvalue weighted by atomic mass is 35.5. The lowest BCUT2D eigenvalue weighted by atomic mass is 10.2. The summed E-state index contributed by atoms with van der Waals surface area (Å²) in [6.07, 6.45) is 1.18. The lowest BCUT2D eigenvalue weighted by Gasteiger charge is -2.08. The molecule has 0 fully saturated rings. The minimum atomic E-state index is -0.507. The number of rotatable bonds is 2. The van der Waals surface area contributed by atoms with Crippen LogP contribution in [0.2, 0.25) is 5.02 Å². The molecule has 0 unspecified atom stereocenters. The lowest BCUT2D eigenvalue weighted by Crippen LogP contribution is -2.14. The number of carbonyl (C=O) groups excluding carboxylic acids is 1. The summed E-state index contributed by atoms with van der Waals surface area (Å²) in [6, 6.07) is 1.44. The molecule has 0 bridgehead atoms. The molecule has 14 heavy (non-hydrogen) atoms. The van der Waals surface area contributed by atoms with Gasteiger partial charge in [-0.1, -0.05) is 11.6 Å². The van der Waals surface area contributed by atoms with Crippen molar-refractivity contribution in [3.05, 3.63) is 22.8 Å². The Labute approximate surface area is 87.0 Å². The molecule has 1 aromatic heterocycles. The van der Waals surface area contributed by atoms with Gasteiger partial charge in [0.2, 0.25) is 0 Å². The smallest absolute Gasteiger partial charge is 0.342 e. The van der Waals surface area contributed by atoms with Crippen LogP contribution in [0.1, 0.15) is 24.2 Å². The van der Waals surface area contributed by atoms with Crippen molar-refractivity contribution >= 4 is 23.4 Å². The third-order valence-electron chi connectivity index (χ3n) is 1.45. The first-order chi connectivity index (χ1) is 6.50. The van der Waals surface area contributed by atoms with Gasteiger partial charge in [-0.3, -0.25) is 0 Å². The second-order valence-corrected chi connectivity index (χ2v) is 3.48. The Morgan fingerprint density at radius 3 is 2.86 bits per heavy atom. The number of nitrogen functional groups attached to an aromatic ring is 1. The molecule has 0 aromatic carbocycles. The second-order valence-electron chi connectivity index (χ2n) is 3.04. The van der Waals surface area contributed by atoms with E-state index >= 15 is 0 Å². The predicted octanol–water partition coefficient (Wildman–Crippen LogP) is 1.88. The van der Waals surface area contributed by atoms with Crippen molar-refractivity contribution in [2.75, 3.05) is 5.73 Å². The fraction of sp³-hybridized carbons (Fsp3) is 0.333. The van der Waals surface area contributed by atoms with Crippen molar-refractivity contribution in [3.8, 4) is 0 Å². The fourth-order valence-corrected chi connectivity index (χ4v) is 1.05. The van der Waals surface area contributed by atoms with E-state index in [4.69, 9.17) is 22.1 Å². The number of halogens is 1. The van der Waals surface area contributed by atoms with E-state index in [-0.39, 0.29) is 17.5 Å². The molecule has 0 aliphatic carbocycles. The molecule has 2 N–H and O–H groups in total. The minimum Gasteiger partial charge on any atom is -0.459 e. The molecule has 5 heteroatoms. The van der Waals surface area contributed by atoms with Crippen LogP contribution in [0, 0.1) is 0 Å². The van der Waals surface area contributed by atoms with Crippen LogP contribution >= 0.6 is 11.6 Å². The third-order valence-corrected chi connectivity index (χ3v) is 1.65. The summed E-state index contributed by atoms with van der Waals surface area (Å²) < 4.78 is 4.95. The Kier molecular flexibility index (Phi) is 3.30. The molecule has 1 heterocycles. The molecule has 0 aliphatic rings. The highest BCUT2D eigenvalue weighted by Crippen LogP contribution is 2.16. The molecule has 0 aliphatic heterocycles. The van der Waals surface area contributed by atoms with Crippen LogP contribution in [0.15, 0.2) is 12.3 Å². The average Bonchev–Trinajstić information content (AvgIpc) is 2.08. The van der Waals surface area contributed by atoms with Gasteiger partial charge >= 0.3 is 5.97 Å². The van der Waals surface area contributed by atoms with Crippen molar-refractivity contribution in [3.63, 3.8) is 0 Å². The lowest BCUT2D eigenvalue weighted by molar-refractivity contribution is 0.0379. The fourth-order valence-electron chi connectivity index (χ4n) is 0.891. The summed E-state index contributed by atoms with van der Waals surface area (Å²) >= 11 is 5.67. The normalized spacial score (nSPS) is 10.3. The van der Waals surface area contributed by atoms with Crippen molar-refractivity contribution in [2.45, 2.75) is 20.0 Å². The van der Waals surface area contributed by atoms with Gasteiger partial charge in [-0.25, -0.2) is 9.78 Å². The van der Waals surface area contributed by atoms with Gasteiger partial charge in [-0.2, -0.15) is 0 Å². The summed E-state index contributed by atoms with van der Waals surface area (Å²) in [6.45, 7) is 3.51. The molecule has 0 atom stereocenters. The van der Waals surface area contributed by atoms with E-state index < -0.39 is 5.97 Å². The number of ether oxygens (including phenoxy) is 1. The first-order valence-electron chi connectivity index (χ1n) is 4.12. The minimum absolute atomic E-state index is 0.125. The molecule has 0 radical (unpaired) electrons. The third kappa shape index (κ3) is 2.60. The van der Waals surface area contributed by atoms with E-state index in [1.54, 1.807) is 13.8 Å². The van der Waals surface area contributed by atoms with Crippen LogP contribution in [0.5, 0.6) is 0 Å². The highest BCUT2D eigenvalue weighted by molar-refractivity contribution is 6.30. The Balaban J connectivity index is 2.94. The summed E-state index contributed by atoms with van der Waals surface area (Å²) in [5.74, 6) is -0.382. The summed E-state index contributed by atoms with van der Waals surface area (Å²) in [7, 11) is 0. The summed E-state index contributed by atoms with van der Waals surface area (Å²) in [5, 5.41) is 0.356. The van der Waals surface area contributed by atoms with Gasteiger partial charge in [0.05, 0.1) is 11.1 Å². The predicted molar refractivity (Wildman–Crippen MR) is 54.2 cm³/mol. The summed E-state index contributed by atoms with van der Waals surface area (Å²) in [5.41, 5.74) is 5.70. The maximum absolute atomic E-state index is 11.4. The zero-order valence-corrected chi connectivity index (χ0v) is 8.71. The van der Waals surface area contributed by atoms with Crippen molar-refractivity contribution in [2.24, 2.45) is 0 Å². The zero-order valence-electron chi connectivity index (χ0n) is 7.95. The van der Waals surface area contributed by atoms with Gasteiger partial charge in [-0.15, -0.1) is 0 Å². The first-order valence-corrected chi connectivity index (χ1v) is 4.50. The number of nitrogens with zero attached hydrogens (tertiary/aromatic N) is 1. The van der Waals surface area contributed by atoms with E-state index in [9.17, 15) is 4.79 Å². The standard InChI is InChI=1S/C9H11ClN2O2/c1-5(2)14-9(13)7-3-6(10)4-12-8(7)11/h3-5H,1-2H3,(H2,11,12). The van der Waals surface area contributed by atoms with E-state index in [0.29, 0.717) is 5.02 Å². The largest absolute Gasteiger partial charge is 0.459 e. The molecule has 1 aromatic rings. The number of carbonyl (C=O) groups is 1. The van der Waals surface area contributed by atoms with E-state index in [2.05, 4.69) is 4.98 Å². The van der Waals surface area contributed by atoms with E-state index in [1.165, 1.54) is 12.3 Å². The first kappa shape index (κ1) is 10.8. The van der Waals surface area contributed by atoms with Crippen LogP contribution in [-0.2, 0) is 4.74 Å². The maximum Gasteiger partial charge on any atom is 0.342 e. The molecule has 1 rings (SSSR count). The molecule has 0 saturated heterocycles. The summed E-state index contributed by atoms with van der Waals surface area (Å²) in [4.78, 5) is 15.2. The quantitative estimate of drug-likeness (QED) is 0.764. The molecule has 0 saturated carbocycles. The van der Waals surface area contributed by atoms with Crippen LogP contribution < -0.4 is 5.73 Å². The van der Waals surface area contributed by atoms with Gasteiger partial charge in [0, 0.05) is 6.20 Å². The molecule has 0 spiro atoms. The second kappa shape index (κ2) is 4.28. The van der Waals surface area contributed by atoms with Gasteiger partial charge in [-0.05, 0) is 19.9 Å². The van der Waals surface area contributed by atoms with E-state index in [1.807, 2.05) is 0 Å². The monoisotopic (exact) mass is 214 g/mol. The van der Waals surface area contributed by atoms with Gasteiger partial charge in [0.25, 0.3) is 0 Å². The van der Waals surface area contributed by atoms with Crippen molar-refractivity contribution < 1.29 is 9.53 Å². The molecule has 0 amide bonds. The number of hydrogen-bond acceptors (Lipinski definition) is 4. The number of aromatic nitrogens is 1. The molecular weight excluding hydrogens is 204 g/mol. The molecule has 4 nitrogen and oxygen atoms in total. The van der Waals surface area contributed by atoms with Gasteiger partial charge in [0.15, 0.2) is 0 Å². The highest BCUT2D eigenvalue weighted by Gasteiger charge is 2.14.